The van der Waals surface area contributed by atoms with E-state index in [-0.39, 0.29) is 12.0 Å². The Morgan fingerprint density at radius 1 is 0.917 bits per heavy atom. The molecule has 4 heteroatoms. The van der Waals surface area contributed by atoms with Crippen LogP contribution in [0.3, 0.4) is 0 Å². The summed E-state index contributed by atoms with van der Waals surface area (Å²) in [6.45, 7) is 9.65. The number of para-hydroxylation sites is 2. The van der Waals surface area contributed by atoms with E-state index in [1.54, 1.807) is 6.92 Å². The van der Waals surface area contributed by atoms with Crippen LogP contribution >= 0.6 is 0 Å². The average molecular weight is 327 g/mol. The summed E-state index contributed by atoms with van der Waals surface area (Å²) in [6.07, 6.45) is -0.579. The fraction of sp³-hybridized carbons (Fsp3) is 0.350. The predicted molar refractivity (Wildman–Crippen MR) is 96.8 cm³/mol. The third-order valence-electron chi connectivity index (χ3n) is 3.74. The first kappa shape index (κ1) is 17.9. The van der Waals surface area contributed by atoms with E-state index in [2.05, 4.69) is 5.32 Å². The normalized spacial score (nSPS) is 11.9. The molecular weight excluding hydrogens is 302 g/mol. The van der Waals surface area contributed by atoms with Crippen molar-refractivity contribution in [3.8, 4) is 11.5 Å². The van der Waals surface area contributed by atoms with Crippen molar-refractivity contribution < 1.29 is 14.3 Å². The predicted octanol–water partition coefficient (Wildman–Crippen LogP) is 4.50. The van der Waals surface area contributed by atoms with E-state index in [1.165, 1.54) is 0 Å². The minimum atomic E-state index is -0.613. The maximum atomic E-state index is 12.5. The number of anilines is 1. The molecule has 0 spiro atoms. The van der Waals surface area contributed by atoms with Gasteiger partial charge in [-0.25, -0.2) is 0 Å². The van der Waals surface area contributed by atoms with Crippen molar-refractivity contribution >= 4 is 11.6 Å². The molecule has 0 heterocycles. The summed E-state index contributed by atoms with van der Waals surface area (Å²) < 4.78 is 11.6. The standard InChI is InChI=1S/C20H25NO3/c1-13(2)23-19-11-7-6-10-17(19)21-20(22)16(5)24-18-12-8-9-14(3)15(18)4/h6-13,16H,1-5H3,(H,21,22). The van der Waals surface area contributed by atoms with E-state index in [9.17, 15) is 4.79 Å². The van der Waals surface area contributed by atoms with Crippen LogP contribution in [0.2, 0.25) is 0 Å². The van der Waals surface area contributed by atoms with Crippen LogP contribution in [-0.4, -0.2) is 18.1 Å². The van der Waals surface area contributed by atoms with Crippen LogP contribution in [0.1, 0.15) is 31.9 Å². The highest BCUT2D eigenvalue weighted by Crippen LogP contribution is 2.26. The minimum Gasteiger partial charge on any atom is -0.489 e. The van der Waals surface area contributed by atoms with Crippen molar-refractivity contribution in [2.75, 3.05) is 5.32 Å². The molecule has 0 aliphatic carbocycles. The molecular formula is C20H25NO3. The summed E-state index contributed by atoms with van der Waals surface area (Å²) in [4.78, 5) is 12.5. The van der Waals surface area contributed by atoms with Crippen molar-refractivity contribution in [2.45, 2.75) is 46.8 Å². The molecule has 0 radical (unpaired) electrons. The summed E-state index contributed by atoms with van der Waals surface area (Å²) in [5.41, 5.74) is 2.82. The number of rotatable bonds is 6. The van der Waals surface area contributed by atoms with E-state index in [4.69, 9.17) is 9.47 Å². The molecule has 0 fully saturated rings. The summed E-state index contributed by atoms with van der Waals surface area (Å²) in [5.74, 6) is 1.17. The van der Waals surface area contributed by atoms with Crippen LogP contribution in [0.5, 0.6) is 11.5 Å². The van der Waals surface area contributed by atoms with Gasteiger partial charge in [0.25, 0.3) is 5.91 Å². The molecule has 4 nitrogen and oxygen atoms in total. The Morgan fingerprint density at radius 3 is 2.29 bits per heavy atom. The van der Waals surface area contributed by atoms with Gasteiger partial charge in [0.05, 0.1) is 11.8 Å². The zero-order valence-corrected chi connectivity index (χ0v) is 14.9. The largest absolute Gasteiger partial charge is 0.489 e. The molecule has 0 aromatic heterocycles. The number of nitrogens with one attached hydrogen (secondary N) is 1. The van der Waals surface area contributed by atoms with Crippen LogP contribution in [0.4, 0.5) is 5.69 Å². The molecule has 1 amide bonds. The van der Waals surface area contributed by atoms with Gasteiger partial charge in [-0.15, -0.1) is 0 Å². The molecule has 0 aliphatic rings. The Morgan fingerprint density at radius 2 is 1.58 bits per heavy atom. The van der Waals surface area contributed by atoms with Crippen LogP contribution in [-0.2, 0) is 4.79 Å². The van der Waals surface area contributed by atoms with Gasteiger partial charge in [-0.05, 0) is 63.9 Å². The fourth-order valence-electron chi connectivity index (χ4n) is 2.26. The highest BCUT2D eigenvalue weighted by atomic mass is 16.5. The number of hydrogen-bond acceptors (Lipinski definition) is 3. The van der Waals surface area contributed by atoms with Crippen molar-refractivity contribution in [1.82, 2.24) is 0 Å². The molecule has 2 rings (SSSR count). The van der Waals surface area contributed by atoms with Gasteiger partial charge < -0.3 is 14.8 Å². The third-order valence-corrected chi connectivity index (χ3v) is 3.74. The Labute approximate surface area is 143 Å². The lowest BCUT2D eigenvalue weighted by molar-refractivity contribution is -0.122. The molecule has 0 saturated heterocycles. The molecule has 128 valence electrons. The second kappa shape index (κ2) is 7.86. The number of carbonyl (C=O) groups is 1. The van der Waals surface area contributed by atoms with Crippen molar-refractivity contribution in [2.24, 2.45) is 0 Å². The zero-order valence-electron chi connectivity index (χ0n) is 14.9. The zero-order chi connectivity index (χ0) is 17.7. The van der Waals surface area contributed by atoms with Gasteiger partial charge >= 0.3 is 0 Å². The van der Waals surface area contributed by atoms with Gasteiger partial charge in [-0.1, -0.05) is 24.3 Å². The van der Waals surface area contributed by atoms with Gasteiger partial charge in [-0.3, -0.25) is 4.79 Å². The molecule has 1 unspecified atom stereocenters. The summed E-state index contributed by atoms with van der Waals surface area (Å²) in [5, 5.41) is 2.88. The summed E-state index contributed by atoms with van der Waals surface area (Å²) in [6, 6.07) is 13.2. The topological polar surface area (TPSA) is 47.6 Å². The lowest BCUT2D eigenvalue weighted by Gasteiger charge is -2.19. The molecule has 0 bridgehead atoms. The number of amides is 1. The van der Waals surface area contributed by atoms with E-state index in [0.29, 0.717) is 11.4 Å². The molecule has 2 aromatic carbocycles. The van der Waals surface area contributed by atoms with Crippen molar-refractivity contribution in [1.29, 1.82) is 0 Å². The Kier molecular flexibility index (Phi) is 5.85. The van der Waals surface area contributed by atoms with Gasteiger partial charge in [0.1, 0.15) is 11.5 Å². The van der Waals surface area contributed by atoms with E-state index in [1.807, 2.05) is 70.2 Å². The number of hydrogen-bond donors (Lipinski definition) is 1. The number of benzene rings is 2. The summed E-state index contributed by atoms with van der Waals surface area (Å²) >= 11 is 0. The maximum Gasteiger partial charge on any atom is 0.265 e. The second-order valence-corrected chi connectivity index (χ2v) is 6.11. The third kappa shape index (κ3) is 4.51. The fourth-order valence-corrected chi connectivity index (χ4v) is 2.26. The van der Waals surface area contributed by atoms with E-state index >= 15 is 0 Å². The van der Waals surface area contributed by atoms with Crippen molar-refractivity contribution in [3.63, 3.8) is 0 Å². The second-order valence-electron chi connectivity index (χ2n) is 6.11. The first-order valence-electron chi connectivity index (χ1n) is 8.18. The number of aryl methyl sites for hydroxylation is 1. The van der Waals surface area contributed by atoms with Gasteiger partial charge in [-0.2, -0.15) is 0 Å². The quantitative estimate of drug-likeness (QED) is 0.850. The SMILES string of the molecule is Cc1cccc(OC(C)C(=O)Nc2ccccc2OC(C)C)c1C. The van der Waals surface area contributed by atoms with Gasteiger partial charge in [0, 0.05) is 0 Å². The van der Waals surface area contributed by atoms with Crippen LogP contribution in [0.25, 0.3) is 0 Å². The Hall–Kier alpha value is -2.49. The average Bonchev–Trinajstić information content (AvgIpc) is 2.53. The molecule has 0 aliphatic heterocycles. The lowest BCUT2D eigenvalue weighted by atomic mass is 10.1. The Bertz CT molecular complexity index is 710. The monoisotopic (exact) mass is 327 g/mol. The minimum absolute atomic E-state index is 0.0340. The number of ether oxygens (including phenoxy) is 2. The highest BCUT2D eigenvalue weighted by molar-refractivity contribution is 5.95. The molecule has 1 N–H and O–H groups in total. The smallest absolute Gasteiger partial charge is 0.265 e. The van der Waals surface area contributed by atoms with E-state index in [0.717, 1.165) is 16.9 Å². The van der Waals surface area contributed by atoms with Crippen LogP contribution < -0.4 is 14.8 Å². The molecule has 1 atom stereocenters. The highest BCUT2D eigenvalue weighted by Gasteiger charge is 2.18. The van der Waals surface area contributed by atoms with E-state index < -0.39 is 6.10 Å². The van der Waals surface area contributed by atoms with Gasteiger partial charge in [0.15, 0.2) is 6.10 Å². The first-order valence-corrected chi connectivity index (χ1v) is 8.18. The summed E-state index contributed by atoms with van der Waals surface area (Å²) in [7, 11) is 0. The first-order chi connectivity index (χ1) is 11.4. The van der Waals surface area contributed by atoms with Crippen LogP contribution in [0.15, 0.2) is 42.5 Å². The van der Waals surface area contributed by atoms with Gasteiger partial charge in [0.2, 0.25) is 0 Å². The lowest BCUT2D eigenvalue weighted by Crippen LogP contribution is -2.30. The maximum absolute atomic E-state index is 12.5. The number of carbonyl (C=O) groups excluding carboxylic acids is 1. The van der Waals surface area contributed by atoms with Crippen molar-refractivity contribution in [3.05, 3.63) is 53.6 Å². The molecule has 2 aromatic rings. The molecule has 24 heavy (non-hydrogen) atoms. The molecule has 0 saturated carbocycles. The Balaban J connectivity index is 2.08. The van der Waals surface area contributed by atoms with Crippen LogP contribution in [0, 0.1) is 13.8 Å².